The van der Waals surface area contributed by atoms with Gasteiger partial charge in [0.15, 0.2) is 0 Å². The smallest absolute Gasteiger partial charge is 0.328 e. The van der Waals surface area contributed by atoms with Crippen LogP contribution in [0.2, 0.25) is 0 Å². The number of carboxylic acids is 2. The summed E-state index contributed by atoms with van der Waals surface area (Å²) in [7, 11) is 0. The van der Waals surface area contributed by atoms with Crippen molar-refractivity contribution in [3.05, 3.63) is 52.2 Å². The first-order valence-electron chi connectivity index (χ1n) is 9.33. The molecule has 2 aromatic rings. The highest BCUT2D eigenvalue weighted by Gasteiger charge is 2.25. The van der Waals surface area contributed by atoms with Gasteiger partial charge >= 0.3 is 11.9 Å². The van der Waals surface area contributed by atoms with Gasteiger partial charge in [0, 0.05) is 35.8 Å². The zero-order valence-corrected chi connectivity index (χ0v) is 16.4. The number of hydrogen-bond donors (Lipinski definition) is 3. The van der Waals surface area contributed by atoms with E-state index in [1.807, 2.05) is 12.3 Å². The maximum absolute atomic E-state index is 11.1. The molecule has 2 heterocycles. The Morgan fingerprint density at radius 3 is 2.28 bits per heavy atom. The molecule has 0 amide bonds. The number of carbonyl (C=O) groups is 2. The molecule has 0 aliphatic carbocycles. The molecule has 3 rings (SSSR count). The fourth-order valence-corrected chi connectivity index (χ4v) is 3.52. The predicted octanol–water partition coefficient (Wildman–Crippen LogP) is 3.38. The Bertz CT molecular complexity index is 894. The summed E-state index contributed by atoms with van der Waals surface area (Å²) in [6.45, 7) is 6.67. The number of H-pyrrole nitrogens is 1. The molecule has 0 radical (unpaired) electrons. The standard InChI is InChI=1S/C16H21N3O2.C4H4O4/c1-11(2)18-8-6-12(7-9-18)14-10-17-16-13(14)4-3-5-15(16)19(20)21;5-3(6)1-2-4(7)8/h3-5,10-12,17H,6-9H2,1-2H3;1-2H,(H,5,6)(H,7,8)/b;2-1-. The molecule has 0 saturated carbocycles. The van der Waals surface area contributed by atoms with Crippen LogP contribution in [-0.2, 0) is 9.59 Å². The molecule has 1 saturated heterocycles. The molecule has 0 unspecified atom stereocenters. The van der Waals surface area contributed by atoms with E-state index in [-0.39, 0.29) is 10.6 Å². The van der Waals surface area contributed by atoms with E-state index in [1.165, 1.54) is 5.56 Å². The Labute approximate surface area is 167 Å². The number of aliphatic carboxylic acids is 2. The van der Waals surface area contributed by atoms with Gasteiger partial charge in [-0.2, -0.15) is 0 Å². The van der Waals surface area contributed by atoms with E-state index < -0.39 is 11.9 Å². The third-order valence-corrected chi connectivity index (χ3v) is 4.99. The second kappa shape index (κ2) is 9.83. The summed E-state index contributed by atoms with van der Waals surface area (Å²) in [4.78, 5) is 35.5. The van der Waals surface area contributed by atoms with E-state index in [2.05, 4.69) is 23.7 Å². The molecule has 1 aromatic heterocycles. The van der Waals surface area contributed by atoms with Crippen molar-refractivity contribution in [2.75, 3.05) is 13.1 Å². The first-order valence-corrected chi connectivity index (χ1v) is 9.33. The quantitative estimate of drug-likeness (QED) is 0.395. The van der Waals surface area contributed by atoms with Crippen LogP contribution in [0.1, 0.15) is 38.2 Å². The number of aromatic amines is 1. The van der Waals surface area contributed by atoms with Gasteiger partial charge in [-0.3, -0.25) is 10.1 Å². The maximum atomic E-state index is 11.1. The Balaban J connectivity index is 0.000000321. The minimum absolute atomic E-state index is 0.165. The van der Waals surface area contributed by atoms with Crippen LogP contribution in [0.25, 0.3) is 10.9 Å². The minimum Gasteiger partial charge on any atom is -0.478 e. The number of para-hydroxylation sites is 1. The largest absolute Gasteiger partial charge is 0.478 e. The molecular weight excluding hydrogens is 378 g/mol. The highest BCUT2D eigenvalue weighted by Crippen LogP contribution is 2.36. The van der Waals surface area contributed by atoms with Gasteiger partial charge in [0.1, 0.15) is 5.52 Å². The van der Waals surface area contributed by atoms with Crippen LogP contribution in [0.4, 0.5) is 5.69 Å². The number of fused-ring (bicyclic) bond motifs is 1. The van der Waals surface area contributed by atoms with Crippen molar-refractivity contribution in [3.63, 3.8) is 0 Å². The van der Waals surface area contributed by atoms with Gasteiger partial charge in [-0.25, -0.2) is 9.59 Å². The minimum atomic E-state index is -1.26. The first kappa shape index (κ1) is 22.1. The topological polar surface area (TPSA) is 137 Å². The van der Waals surface area contributed by atoms with Crippen molar-refractivity contribution in [1.29, 1.82) is 0 Å². The van der Waals surface area contributed by atoms with E-state index in [4.69, 9.17) is 10.2 Å². The van der Waals surface area contributed by atoms with Gasteiger partial charge in [-0.15, -0.1) is 0 Å². The second-order valence-corrected chi connectivity index (χ2v) is 7.11. The third-order valence-electron chi connectivity index (χ3n) is 4.99. The second-order valence-electron chi connectivity index (χ2n) is 7.11. The summed E-state index contributed by atoms with van der Waals surface area (Å²) in [5.74, 6) is -2.02. The van der Waals surface area contributed by atoms with Crippen molar-refractivity contribution in [2.45, 2.75) is 38.6 Å². The van der Waals surface area contributed by atoms with Crippen LogP contribution in [0.3, 0.4) is 0 Å². The summed E-state index contributed by atoms with van der Waals surface area (Å²) >= 11 is 0. The number of carboxylic acid groups (broad SMARTS) is 2. The zero-order chi connectivity index (χ0) is 21.6. The lowest BCUT2D eigenvalue weighted by Crippen LogP contribution is -2.37. The Morgan fingerprint density at radius 1 is 1.21 bits per heavy atom. The van der Waals surface area contributed by atoms with E-state index >= 15 is 0 Å². The van der Waals surface area contributed by atoms with Gasteiger partial charge in [0.2, 0.25) is 0 Å². The zero-order valence-electron chi connectivity index (χ0n) is 16.4. The SMILES string of the molecule is CC(C)N1CCC(c2c[nH]c3c([N+](=O)[O-])cccc23)CC1.O=C(O)/C=C\C(=O)O. The molecule has 9 heteroatoms. The average Bonchev–Trinajstić information content (AvgIpc) is 3.11. The molecule has 1 aliphatic heterocycles. The highest BCUT2D eigenvalue weighted by atomic mass is 16.6. The van der Waals surface area contributed by atoms with Crippen molar-refractivity contribution >= 4 is 28.5 Å². The van der Waals surface area contributed by atoms with Crippen molar-refractivity contribution in [3.8, 4) is 0 Å². The Kier molecular flexibility index (Phi) is 7.49. The van der Waals surface area contributed by atoms with E-state index in [0.717, 1.165) is 31.3 Å². The number of likely N-dealkylation sites (tertiary alicyclic amines) is 1. The summed E-state index contributed by atoms with van der Waals surface area (Å²) in [5, 5.41) is 27.7. The van der Waals surface area contributed by atoms with E-state index in [0.29, 0.717) is 29.6 Å². The molecule has 156 valence electrons. The van der Waals surface area contributed by atoms with Crippen molar-refractivity contribution in [1.82, 2.24) is 9.88 Å². The van der Waals surface area contributed by atoms with Crippen LogP contribution in [-0.4, -0.2) is 56.1 Å². The lowest BCUT2D eigenvalue weighted by molar-refractivity contribution is -0.383. The number of nitrogens with one attached hydrogen (secondary N) is 1. The molecule has 9 nitrogen and oxygen atoms in total. The number of nitrogens with zero attached hydrogens (tertiary/aromatic N) is 2. The first-order chi connectivity index (χ1) is 13.7. The van der Waals surface area contributed by atoms with Crippen LogP contribution >= 0.6 is 0 Å². The molecular formula is C20H25N3O6. The van der Waals surface area contributed by atoms with Crippen molar-refractivity contribution < 1.29 is 24.7 Å². The molecule has 1 fully saturated rings. The van der Waals surface area contributed by atoms with Crippen molar-refractivity contribution in [2.24, 2.45) is 0 Å². The molecule has 0 spiro atoms. The van der Waals surface area contributed by atoms with Gasteiger partial charge < -0.3 is 20.1 Å². The van der Waals surface area contributed by atoms with E-state index in [1.54, 1.807) is 12.1 Å². The molecule has 1 aliphatic rings. The van der Waals surface area contributed by atoms with Gasteiger partial charge in [0.25, 0.3) is 5.69 Å². The van der Waals surface area contributed by atoms with Crippen LogP contribution < -0.4 is 0 Å². The normalized spacial score (nSPS) is 15.4. The highest BCUT2D eigenvalue weighted by molar-refractivity contribution is 5.91. The molecule has 3 N–H and O–H groups in total. The number of piperidine rings is 1. The molecule has 29 heavy (non-hydrogen) atoms. The number of aromatic nitrogens is 1. The number of non-ortho nitro benzene ring substituents is 1. The average molecular weight is 403 g/mol. The van der Waals surface area contributed by atoms with Gasteiger partial charge in [-0.05, 0) is 51.3 Å². The number of hydrogen-bond acceptors (Lipinski definition) is 5. The number of nitro benzene ring substituents is 1. The summed E-state index contributed by atoms with van der Waals surface area (Å²) in [5.41, 5.74) is 2.05. The number of nitro groups is 1. The predicted molar refractivity (Wildman–Crippen MR) is 108 cm³/mol. The van der Waals surface area contributed by atoms with Crippen LogP contribution in [0.15, 0.2) is 36.5 Å². The van der Waals surface area contributed by atoms with Crippen LogP contribution in [0.5, 0.6) is 0 Å². The van der Waals surface area contributed by atoms with Gasteiger partial charge in [0.05, 0.1) is 4.92 Å². The fourth-order valence-electron chi connectivity index (χ4n) is 3.52. The van der Waals surface area contributed by atoms with Crippen LogP contribution in [0, 0.1) is 10.1 Å². The van der Waals surface area contributed by atoms with E-state index in [9.17, 15) is 19.7 Å². The Hall–Kier alpha value is -3.20. The lowest BCUT2D eigenvalue weighted by Gasteiger charge is -2.34. The Morgan fingerprint density at radius 2 is 1.79 bits per heavy atom. The summed E-state index contributed by atoms with van der Waals surface area (Å²) in [6.07, 6.45) is 5.32. The maximum Gasteiger partial charge on any atom is 0.328 e. The monoisotopic (exact) mass is 403 g/mol. The third kappa shape index (κ3) is 5.89. The summed E-state index contributed by atoms with van der Waals surface area (Å²) in [6, 6.07) is 5.92. The summed E-state index contributed by atoms with van der Waals surface area (Å²) < 4.78 is 0. The lowest BCUT2D eigenvalue weighted by atomic mass is 9.88. The number of benzene rings is 1. The van der Waals surface area contributed by atoms with Gasteiger partial charge in [-0.1, -0.05) is 12.1 Å². The molecule has 0 atom stereocenters. The molecule has 1 aromatic carbocycles. The number of rotatable bonds is 5. The fraction of sp³-hybridized carbons (Fsp3) is 0.400. The molecule has 0 bridgehead atoms.